The molecule has 0 aromatic carbocycles. The Morgan fingerprint density at radius 3 is 2.89 bits per heavy atom. The van der Waals surface area contributed by atoms with E-state index in [1.807, 2.05) is 11.8 Å². The van der Waals surface area contributed by atoms with E-state index in [9.17, 15) is 4.79 Å². The summed E-state index contributed by atoms with van der Waals surface area (Å²) in [6, 6.07) is 0.128. The van der Waals surface area contributed by atoms with E-state index in [2.05, 4.69) is 0 Å². The highest BCUT2D eigenvalue weighted by Crippen LogP contribution is 2.20. The second-order valence-electron chi connectivity index (χ2n) is 4.66. The van der Waals surface area contributed by atoms with Gasteiger partial charge < -0.3 is 20.1 Å². The number of amides is 1. The maximum Gasteiger partial charge on any atom is 0.222 e. The molecule has 0 aromatic rings. The summed E-state index contributed by atoms with van der Waals surface area (Å²) in [5, 5.41) is 0. The first kappa shape index (κ1) is 15.4. The summed E-state index contributed by atoms with van der Waals surface area (Å²) in [6.07, 6.45) is 3.34. The van der Waals surface area contributed by atoms with Gasteiger partial charge in [0.05, 0.1) is 6.10 Å². The van der Waals surface area contributed by atoms with Gasteiger partial charge >= 0.3 is 0 Å². The van der Waals surface area contributed by atoms with Crippen molar-refractivity contribution in [3.05, 3.63) is 0 Å². The molecule has 2 atom stereocenters. The molecule has 2 unspecified atom stereocenters. The van der Waals surface area contributed by atoms with Gasteiger partial charge in [0.15, 0.2) is 0 Å². The van der Waals surface area contributed by atoms with Crippen molar-refractivity contribution in [2.24, 2.45) is 5.73 Å². The predicted octanol–water partition coefficient (Wildman–Crippen LogP) is 0.768. The quantitative estimate of drug-likeness (QED) is 0.685. The monoisotopic (exact) mass is 258 g/mol. The highest BCUT2D eigenvalue weighted by atomic mass is 16.5. The van der Waals surface area contributed by atoms with Crippen LogP contribution in [0.1, 0.15) is 32.6 Å². The molecule has 5 heteroatoms. The van der Waals surface area contributed by atoms with Gasteiger partial charge in [-0.2, -0.15) is 0 Å². The fraction of sp³-hybridized carbons (Fsp3) is 0.923. The van der Waals surface area contributed by atoms with E-state index in [1.54, 1.807) is 7.11 Å². The number of piperidine rings is 1. The van der Waals surface area contributed by atoms with E-state index >= 15 is 0 Å². The summed E-state index contributed by atoms with van der Waals surface area (Å²) in [5.74, 6) is 0.194. The summed E-state index contributed by atoms with van der Waals surface area (Å²) < 4.78 is 10.6. The topological polar surface area (TPSA) is 64.8 Å². The first-order chi connectivity index (χ1) is 8.72. The number of nitrogens with two attached hydrogens (primary N) is 1. The molecule has 5 nitrogen and oxygen atoms in total. The summed E-state index contributed by atoms with van der Waals surface area (Å²) in [4.78, 5) is 14.0. The third-order valence-corrected chi connectivity index (χ3v) is 3.48. The molecule has 0 aromatic heterocycles. The number of carbonyl (C=O) groups excluding carboxylic acids is 1. The number of ether oxygens (including phenoxy) is 2. The highest BCUT2D eigenvalue weighted by Gasteiger charge is 2.30. The fourth-order valence-corrected chi connectivity index (χ4v) is 2.39. The van der Waals surface area contributed by atoms with Gasteiger partial charge in [-0.25, -0.2) is 0 Å². The molecule has 0 radical (unpaired) electrons. The first-order valence-electron chi connectivity index (χ1n) is 6.83. The fourth-order valence-electron chi connectivity index (χ4n) is 2.39. The van der Waals surface area contributed by atoms with Crippen LogP contribution in [0.25, 0.3) is 0 Å². The summed E-state index contributed by atoms with van der Waals surface area (Å²) >= 11 is 0. The standard InChI is InChI=1S/C13H26N2O3/c1-3-18-8-4-5-13(16)15-7-6-12(17-2)9-11(15)10-14/h11-12H,3-10,14H2,1-2H3. The Hall–Kier alpha value is -0.650. The summed E-state index contributed by atoms with van der Waals surface area (Å²) in [6.45, 7) is 4.59. The van der Waals surface area contributed by atoms with Gasteiger partial charge in [-0.1, -0.05) is 0 Å². The molecule has 106 valence electrons. The molecule has 1 aliphatic heterocycles. The molecule has 1 aliphatic rings. The van der Waals surface area contributed by atoms with Gasteiger partial charge in [-0.15, -0.1) is 0 Å². The first-order valence-corrected chi connectivity index (χ1v) is 6.83. The molecule has 1 heterocycles. The van der Waals surface area contributed by atoms with Gasteiger partial charge in [0.2, 0.25) is 5.91 Å². The van der Waals surface area contributed by atoms with Gasteiger partial charge in [0, 0.05) is 45.9 Å². The summed E-state index contributed by atoms with van der Waals surface area (Å²) in [5.41, 5.74) is 5.75. The lowest BCUT2D eigenvalue weighted by Crippen LogP contribution is -2.51. The maximum absolute atomic E-state index is 12.1. The van der Waals surface area contributed by atoms with Crippen molar-refractivity contribution in [1.82, 2.24) is 4.90 Å². The number of rotatable bonds is 7. The van der Waals surface area contributed by atoms with Crippen molar-refractivity contribution in [2.45, 2.75) is 44.8 Å². The molecule has 0 bridgehead atoms. The minimum atomic E-state index is 0.128. The maximum atomic E-state index is 12.1. The molecule has 18 heavy (non-hydrogen) atoms. The lowest BCUT2D eigenvalue weighted by atomic mass is 9.98. The number of nitrogens with zero attached hydrogens (tertiary/aromatic N) is 1. The van der Waals surface area contributed by atoms with Gasteiger partial charge in [-0.3, -0.25) is 4.79 Å². The van der Waals surface area contributed by atoms with Gasteiger partial charge in [0.1, 0.15) is 0 Å². The van der Waals surface area contributed by atoms with Crippen LogP contribution < -0.4 is 5.73 Å². The van der Waals surface area contributed by atoms with E-state index in [0.717, 1.165) is 25.8 Å². The molecule has 0 spiro atoms. The molecule has 1 fully saturated rings. The molecule has 1 amide bonds. The number of hydrogen-bond donors (Lipinski definition) is 1. The number of methoxy groups -OCH3 is 1. The molecular weight excluding hydrogens is 232 g/mol. The van der Waals surface area contributed by atoms with Crippen molar-refractivity contribution < 1.29 is 14.3 Å². The van der Waals surface area contributed by atoms with Gasteiger partial charge in [-0.05, 0) is 26.2 Å². The Morgan fingerprint density at radius 2 is 2.28 bits per heavy atom. The number of hydrogen-bond acceptors (Lipinski definition) is 4. The van der Waals surface area contributed by atoms with Gasteiger partial charge in [0.25, 0.3) is 0 Å². The van der Waals surface area contributed by atoms with E-state index in [0.29, 0.717) is 26.2 Å². The average molecular weight is 258 g/mol. The normalized spacial score (nSPS) is 24.3. The molecule has 1 saturated heterocycles. The minimum Gasteiger partial charge on any atom is -0.382 e. The van der Waals surface area contributed by atoms with E-state index in [-0.39, 0.29) is 18.1 Å². The van der Waals surface area contributed by atoms with Crippen molar-refractivity contribution >= 4 is 5.91 Å². The second-order valence-corrected chi connectivity index (χ2v) is 4.66. The Balaban J connectivity index is 2.36. The van der Waals surface area contributed by atoms with Crippen LogP contribution in [0.15, 0.2) is 0 Å². The lowest BCUT2D eigenvalue weighted by molar-refractivity contribution is -0.137. The third-order valence-electron chi connectivity index (χ3n) is 3.48. The van der Waals surface area contributed by atoms with Crippen LogP contribution in [0.2, 0.25) is 0 Å². The Labute approximate surface area is 110 Å². The van der Waals surface area contributed by atoms with Crippen LogP contribution in [-0.2, 0) is 14.3 Å². The van der Waals surface area contributed by atoms with E-state index < -0.39 is 0 Å². The SMILES string of the molecule is CCOCCCC(=O)N1CCC(OC)CC1CN. The summed E-state index contributed by atoms with van der Waals surface area (Å²) in [7, 11) is 1.72. The number of likely N-dealkylation sites (tertiary alicyclic amines) is 1. The Morgan fingerprint density at radius 1 is 1.50 bits per heavy atom. The molecule has 1 rings (SSSR count). The molecular formula is C13H26N2O3. The van der Waals surface area contributed by atoms with E-state index in [4.69, 9.17) is 15.2 Å². The minimum absolute atomic E-state index is 0.128. The zero-order valence-electron chi connectivity index (χ0n) is 11.6. The van der Waals surface area contributed by atoms with Crippen molar-refractivity contribution in [3.63, 3.8) is 0 Å². The van der Waals surface area contributed by atoms with Crippen LogP contribution in [0.3, 0.4) is 0 Å². The van der Waals surface area contributed by atoms with Crippen molar-refractivity contribution in [1.29, 1.82) is 0 Å². The Kier molecular flexibility index (Phi) is 7.23. The third kappa shape index (κ3) is 4.55. The van der Waals surface area contributed by atoms with Crippen molar-refractivity contribution in [3.8, 4) is 0 Å². The molecule has 0 saturated carbocycles. The van der Waals surface area contributed by atoms with Crippen LogP contribution in [0.5, 0.6) is 0 Å². The smallest absolute Gasteiger partial charge is 0.222 e. The number of carbonyl (C=O) groups is 1. The predicted molar refractivity (Wildman–Crippen MR) is 70.3 cm³/mol. The van der Waals surface area contributed by atoms with Crippen LogP contribution in [0, 0.1) is 0 Å². The molecule has 0 aliphatic carbocycles. The van der Waals surface area contributed by atoms with Crippen LogP contribution in [0.4, 0.5) is 0 Å². The Bertz CT molecular complexity index is 248. The highest BCUT2D eigenvalue weighted by molar-refractivity contribution is 5.76. The second kappa shape index (κ2) is 8.45. The zero-order chi connectivity index (χ0) is 13.4. The van der Waals surface area contributed by atoms with Crippen LogP contribution in [-0.4, -0.2) is 56.4 Å². The largest absolute Gasteiger partial charge is 0.382 e. The zero-order valence-corrected chi connectivity index (χ0v) is 11.6. The average Bonchev–Trinajstić information content (AvgIpc) is 2.42. The van der Waals surface area contributed by atoms with Crippen molar-refractivity contribution in [2.75, 3.05) is 33.4 Å². The van der Waals surface area contributed by atoms with Crippen LogP contribution >= 0.6 is 0 Å². The van der Waals surface area contributed by atoms with E-state index in [1.165, 1.54) is 0 Å². The lowest BCUT2D eigenvalue weighted by Gasteiger charge is -2.38. The molecule has 2 N–H and O–H groups in total.